The zero-order valence-corrected chi connectivity index (χ0v) is 10.1. The van der Waals surface area contributed by atoms with E-state index in [-0.39, 0.29) is 5.91 Å². The Bertz CT molecular complexity index is 222. The molecule has 0 aliphatic carbocycles. The molecule has 88 valence electrons. The van der Waals surface area contributed by atoms with Crippen molar-refractivity contribution in [1.29, 1.82) is 0 Å². The van der Waals surface area contributed by atoms with Crippen molar-refractivity contribution in [2.24, 2.45) is 5.73 Å². The first-order valence-electron chi connectivity index (χ1n) is 5.75. The predicted octanol–water partition coefficient (Wildman–Crippen LogP) is 2.75. The highest BCUT2D eigenvalue weighted by Gasteiger charge is 2.06. The maximum absolute atomic E-state index is 10.9. The van der Waals surface area contributed by atoms with Crippen molar-refractivity contribution in [1.82, 2.24) is 0 Å². The molecular weight excluding hydrogens is 190 g/mol. The van der Waals surface area contributed by atoms with E-state index in [1.54, 1.807) is 6.92 Å². The summed E-state index contributed by atoms with van der Waals surface area (Å²) in [5.74, 6) is 0.347. The molecule has 0 atom stereocenters. The standard InChI is InChI=1S/C12H23NO2/c1-4-6-7-8-9-15-11(5-2)10(3)12(13)14/h4-9H2,1-3H3,(H2,13,14). The van der Waals surface area contributed by atoms with Crippen LogP contribution in [-0.2, 0) is 9.53 Å². The van der Waals surface area contributed by atoms with Crippen LogP contribution >= 0.6 is 0 Å². The molecule has 0 heterocycles. The average Bonchev–Trinajstić information content (AvgIpc) is 2.22. The fourth-order valence-electron chi connectivity index (χ4n) is 1.34. The quantitative estimate of drug-likeness (QED) is 0.383. The van der Waals surface area contributed by atoms with E-state index in [1.807, 2.05) is 6.92 Å². The lowest BCUT2D eigenvalue weighted by atomic mass is 10.2. The van der Waals surface area contributed by atoms with Crippen molar-refractivity contribution in [3.63, 3.8) is 0 Å². The van der Waals surface area contributed by atoms with Gasteiger partial charge in [-0.05, 0) is 13.3 Å². The third-order valence-corrected chi connectivity index (χ3v) is 2.38. The summed E-state index contributed by atoms with van der Waals surface area (Å²) in [5.41, 5.74) is 5.74. The Morgan fingerprint density at radius 3 is 2.33 bits per heavy atom. The van der Waals surface area contributed by atoms with Crippen LogP contribution in [0.1, 0.15) is 52.9 Å². The van der Waals surface area contributed by atoms with Crippen molar-refractivity contribution >= 4 is 5.91 Å². The van der Waals surface area contributed by atoms with Gasteiger partial charge in [-0.15, -0.1) is 0 Å². The fourth-order valence-corrected chi connectivity index (χ4v) is 1.34. The molecule has 0 aromatic carbocycles. The van der Waals surface area contributed by atoms with E-state index in [1.165, 1.54) is 19.3 Å². The van der Waals surface area contributed by atoms with Crippen molar-refractivity contribution in [3.8, 4) is 0 Å². The molecule has 0 bridgehead atoms. The van der Waals surface area contributed by atoms with Gasteiger partial charge in [-0.1, -0.05) is 33.1 Å². The van der Waals surface area contributed by atoms with Crippen LogP contribution < -0.4 is 5.73 Å². The Morgan fingerprint density at radius 2 is 1.87 bits per heavy atom. The smallest absolute Gasteiger partial charge is 0.247 e. The molecule has 0 fully saturated rings. The number of amides is 1. The summed E-state index contributed by atoms with van der Waals surface area (Å²) in [6, 6.07) is 0. The molecule has 1 amide bonds. The number of primary amides is 1. The first-order valence-corrected chi connectivity index (χ1v) is 5.75. The maximum Gasteiger partial charge on any atom is 0.247 e. The van der Waals surface area contributed by atoms with Crippen molar-refractivity contribution < 1.29 is 9.53 Å². The summed E-state index contributed by atoms with van der Waals surface area (Å²) in [4.78, 5) is 10.9. The van der Waals surface area contributed by atoms with Gasteiger partial charge in [0.2, 0.25) is 5.91 Å². The van der Waals surface area contributed by atoms with E-state index in [4.69, 9.17) is 10.5 Å². The highest BCUT2D eigenvalue weighted by Crippen LogP contribution is 2.11. The summed E-state index contributed by atoms with van der Waals surface area (Å²) in [7, 11) is 0. The van der Waals surface area contributed by atoms with Crippen LogP contribution in [0.4, 0.5) is 0 Å². The van der Waals surface area contributed by atoms with Crippen LogP contribution in [-0.4, -0.2) is 12.5 Å². The van der Waals surface area contributed by atoms with E-state index in [2.05, 4.69) is 6.92 Å². The maximum atomic E-state index is 10.9. The van der Waals surface area contributed by atoms with Crippen molar-refractivity contribution in [3.05, 3.63) is 11.3 Å². The summed E-state index contributed by atoms with van der Waals surface area (Å²) in [6.45, 7) is 6.55. The molecule has 0 aromatic rings. The normalized spacial score (nSPS) is 12.2. The molecule has 3 nitrogen and oxygen atoms in total. The molecule has 0 aliphatic rings. The second-order valence-corrected chi connectivity index (χ2v) is 3.68. The Morgan fingerprint density at radius 1 is 1.20 bits per heavy atom. The minimum atomic E-state index is -0.389. The van der Waals surface area contributed by atoms with Gasteiger partial charge in [-0.3, -0.25) is 4.79 Å². The Hall–Kier alpha value is -0.990. The molecule has 0 radical (unpaired) electrons. The largest absolute Gasteiger partial charge is 0.497 e. The van der Waals surface area contributed by atoms with Crippen molar-refractivity contribution in [2.45, 2.75) is 52.9 Å². The van der Waals surface area contributed by atoms with Gasteiger partial charge < -0.3 is 10.5 Å². The molecule has 15 heavy (non-hydrogen) atoms. The van der Waals surface area contributed by atoms with E-state index >= 15 is 0 Å². The molecule has 0 spiro atoms. The van der Waals surface area contributed by atoms with Crippen LogP contribution in [0.15, 0.2) is 11.3 Å². The van der Waals surface area contributed by atoms with Crippen LogP contribution in [0.2, 0.25) is 0 Å². The van der Waals surface area contributed by atoms with Gasteiger partial charge in [-0.2, -0.15) is 0 Å². The van der Waals surface area contributed by atoms with Gasteiger partial charge in [0, 0.05) is 6.42 Å². The molecule has 0 aromatic heterocycles. The number of hydrogen-bond acceptors (Lipinski definition) is 2. The number of ether oxygens (including phenoxy) is 1. The van der Waals surface area contributed by atoms with Gasteiger partial charge in [0.25, 0.3) is 0 Å². The van der Waals surface area contributed by atoms with E-state index in [9.17, 15) is 4.79 Å². The summed E-state index contributed by atoms with van der Waals surface area (Å²) < 4.78 is 5.54. The molecule has 0 aliphatic heterocycles. The van der Waals surface area contributed by atoms with Gasteiger partial charge in [0.05, 0.1) is 12.2 Å². The zero-order valence-electron chi connectivity index (χ0n) is 10.1. The monoisotopic (exact) mass is 213 g/mol. The second kappa shape index (κ2) is 8.33. The number of rotatable bonds is 8. The molecule has 2 N–H and O–H groups in total. The molecule has 0 saturated heterocycles. The summed E-state index contributed by atoms with van der Waals surface area (Å²) in [5, 5.41) is 0. The lowest BCUT2D eigenvalue weighted by molar-refractivity contribution is -0.114. The van der Waals surface area contributed by atoms with Crippen LogP contribution in [0.3, 0.4) is 0 Å². The summed E-state index contributed by atoms with van der Waals surface area (Å²) in [6.07, 6.45) is 5.41. The SMILES string of the molecule is CCCCCCOC(CC)=C(C)C(N)=O. The number of allylic oxidation sites excluding steroid dienone is 1. The van der Waals surface area contributed by atoms with Gasteiger partial charge in [0.15, 0.2) is 0 Å². The Labute approximate surface area is 92.7 Å². The highest BCUT2D eigenvalue weighted by atomic mass is 16.5. The van der Waals surface area contributed by atoms with Gasteiger partial charge in [-0.25, -0.2) is 0 Å². The van der Waals surface area contributed by atoms with Crippen LogP contribution in [0.25, 0.3) is 0 Å². The number of carbonyl (C=O) groups is 1. The van der Waals surface area contributed by atoms with E-state index in [0.717, 1.165) is 18.6 Å². The molecular formula is C12H23NO2. The third-order valence-electron chi connectivity index (χ3n) is 2.38. The van der Waals surface area contributed by atoms with Crippen LogP contribution in [0.5, 0.6) is 0 Å². The fraction of sp³-hybridized carbons (Fsp3) is 0.750. The van der Waals surface area contributed by atoms with E-state index < -0.39 is 0 Å². The van der Waals surface area contributed by atoms with Crippen molar-refractivity contribution in [2.75, 3.05) is 6.61 Å². The molecule has 3 heteroatoms. The summed E-state index contributed by atoms with van der Waals surface area (Å²) >= 11 is 0. The topological polar surface area (TPSA) is 52.3 Å². The molecule has 0 unspecified atom stereocenters. The predicted molar refractivity (Wildman–Crippen MR) is 62.3 cm³/mol. The lowest BCUT2D eigenvalue weighted by Crippen LogP contribution is -2.14. The Balaban J connectivity index is 3.91. The Kier molecular flexibility index (Phi) is 7.78. The molecule has 0 saturated carbocycles. The number of nitrogens with two attached hydrogens (primary N) is 1. The molecule has 0 rings (SSSR count). The van der Waals surface area contributed by atoms with Gasteiger partial charge in [0.1, 0.15) is 5.76 Å². The minimum Gasteiger partial charge on any atom is -0.497 e. The first kappa shape index (κ1) is 14.0. The van der Waals surface area contributed by atoms with Gasteiger partial charge >= 0.3 is 0 Å². The first-order chi connectivity index (χ1) is 7.13. The number of unbranched alkanes of at least 4 members (excludes halogenated alkanes) is 3. The highest BCUT2D eigenvalue weighted by molar-refractivity contribution is 5.91. The average molecular weight is 213 g/mol. The third kappa shape index (κ3) is 6.15. The van der Waals surface area contributed by atoms with E-state index in [0.29, 0.717) is 12.2 Å². The van der Waals surface area contributed by atoms with Crippen LogP contribution in [0, 0.1) is 0 Å². The number of carbonyl (C=O) groups excluding carboxylic acids is 1. The lowest BCUT2D eigenvalue weighted by Gasteiger charge is -2.10. The number of hydrogen-bond donors (Lipinski definition) is 1. The second-order valence-electron chi connectivity index (χ2n) is 3.68. The minimum absolute atomic E-state index is 0.389. The zero-order chi connectivity index (χ0) is 11.7.